The zero-order chi connectivity index (χ0) is 14.6. The molecule has 1 aromatic heterocycles. The fraction of sp³-hybridized carbons (Fsp3) is 0.714. The summed E-state index contributed by atoms with van der Waals surface area (Å²) >= 11 is 0. The molecule has 1 saturated carbocycles. The quantitative estimate of drug-likeness (QED) is 0.720. The Kier molecular flexibility index (Phi) is 5.23. The lowest BCUT2D eigenvalue weighted by molar-refractivity contribution is 0.383. The molecule has 0 atom stereocenters. The van der Waals surface area contributed by atoms with Gasteiger partial charge in [-0.15, -0.1) is 0 Å². The monoisotopic (exact) mass is 299 g/mol. The number of sulfonamides is 1. The van der Waals surface area contributed by atoms with Crippen LogP contribution in [0.25, 0.3) is 0 Å². The summed E-state index contributed by atoms with van der Waals surface area (Å²) in [5.74, 6) is 0. The highest BCUT2D eigenvalue weighted by atomic mass is 32.2. The summed E-state index contributed by atoms with van der Waals surface area (Å²) in [6.07, 6.45) is 5.85. The predicted octanol–water partition coefficient (Wildman–Crippen LogP) is 1.84. The Labute approximate surface area is 121 Å². The molecule has 1 aliphatic rings. The second kappa shape index (κ2) is 6.74. The first-order chi connectivity index (χ1) is 9.56. The van der Waals surface area contributed by atoms with E-state index in [1.54, 1.807) is 12.3 Å². The van der Waals surface area contributed by atoms with Crippen molar-refractivity contribution in [3.8, 4) is 0 Å². The maximum absolute atomic E-state index is 12.3. The molecule has 1 aliphatic carbocycles. The van der Waals surface area contributed by atoms with Crippen molar-refractivity contribution in [1.82, 2.24) is 14.6 Å². The van der Waals surface area contributed by atoms with E-state index in [9.17, 15) is 8.42 Å². The molecule has 0 unspecified atom stereocenters. The number of nitrogens with one attached hydrogen (secondary N) is 2. The van der Waals surface area contributed by atoms with E-state index in [1.165, 1.54) is 0 Å². The molecule has 114 valence electrons. The minimum atomic E-state index is -3.36. The molecule has 20 heavy (non-hydrogen) atoms. The highest BCUT2D eigenvalue weighted by Crippen LogP contribution is 2.22. The molecule has 2 N–H and O–H groups in total. The molecule has 5 nitrogen and oxygen atoms in total. The highest BCUT2D eigenvalue weighted by molar-refractivity contribution is 7.89. The Hall–Kier alpha value is -0.850. The Morgan fingerprint density at radius 3 is 2.65 bits per heavy atom. The molecule has 0 amide bonds. The number of rotatable bonds is 8. The average Bonchev–Trinajstić information content (AvgIpc) is 2.79. The van der Waals surface area contributed by atoms with Gasteiger partial charge in [-0.05, 0) is 38.8 Å². The molecule has 1 heterocycles. The van der Waals surface area contributed by atoms with Gasteiger partial charge in [0.05, 0.1) is 4.90 Å². The maximum atomic E-state index is 12.3. The third-order valence-electron chi connectivity index (χ3n) is 3.77. The molecule has 0 aromatic carbocycles. The molecule has 1 aromatic rings. The average molecular weight is 299 g/mol. The number of nitrogens with zero attached hydrogens (tertiary/aromatic N) is 1. The van der Waals surface area contributed by atoms with Gasteiger partial charge in [-0.1, -0.05) is 13.3 Å². The standard InChI is InChI=1S/C14H25N3O2S/c1-3-8-15-10-13-9-14(11-17(13)4-2)20(18,19)16-12-6-5-7-12/h9,11-12,15-16H,3-8,10H2,1-2H3. The van der Waals surface area contributed by atoms with Crippen molar-refractivity contribution < 1.29 is 8.42 Å². The van der Waals surface area contributed by atoms with E-state index >= 15 is 0 Å². The van der Waals surface area contributed by atoms with Crippen molar-refractivity contribution in [2.45, 2.75) is 63.6 Å². The third kappa shape index (κ3) is 3.62. The Morgan fingerprint density at radius 2 is 2.10 bits per heavy atom. The van der Waals surface area contributed by atoms with Crippen LogP contribution in [0, 0.1) is 0 Å². The van der Waals surface area contributed by atoms with Crippen LogP contribution in [0.3, 0.4) is 0 Å². The predicted molar refractivity (Wildman–Crippen MR) is 80.1 cm³/mol. The number of aromatic nitrogens is 1. The van der Waals surface area contributed by atoms with Gasteiger partial charge in [-0.2, -0.15) is 0 Å². The second-order valence-electron chi connectivity index (χ2n) is 5.38. The lowest BCUT2D eigenvalue weighted by Crippen LogP contribution is -2.39. The number of aryl methyl sites for hydroxylation is 1. The van der Waals surface area contributed by atoms with Crippen molar-refractivity contribution in [1.29, 1.82) is 0 Å². The van der Waals surface area contributed by atoms with Crippen molar-refractivity contribution in [3.05, 3.63) is 18.0 Å². The van der Waals surface area contributed by atoms with Crippen molar-refractivity contribution in [3.63, 3.8) is 0 Å². The zero-order valence-corrected chi connectivity index (χ0v) is 13.2. The van der Waals surface area contributed by atoms with Crippen LogP contribution in [0.1, 0.15) is 45.2 Å². The topological polar surface area (TPSA) is 63.1 Å². The smallest absolute Gasteiger partial charge is 0.242 e. The summed E-state index contributed by atoms with van der Waals surface area (Å²) in [5.41, 5.74) is 1.02. The van der Waals surface area contributed by atoms with Gasteiger partial charge in [-0.3, -0.25) is 0 Å². The maximum Gasteiger partial charge on any atom is 0.242 e. The second-order valence-corrected chi connectivity index (χ2v) is 7.09. The van der Waals surface area contributed by atoms with Gasteiger partial charge < -0.3 is 9.88 Å². The van der Waals surface area contributed by atoms with E-state index in [0.29, 0.717) is 11.4 Å². The molecule has 2 rings (SSSR count). The van der Waals surface area contributed by atoms with Crippen LogP contribution in [-0.4, -0.2) is 25.6 Å². The van der Waals surface area contributed by atoms with Crippen LogP contribution in [0.15, 0.2) is 17.2 Å². The van der Waals surface area contributed by atoms with E-state index in [1.807, 2.05) is 11.5 Å². The van der Waals surface area contributed by atoms with E-state index in [4.69, 9.17) is 0 Å². The molecule has 6 heteroatoms. The van der Waals surface area contributed by atoms with Crippen molar-refractivity contribution >= 4 is 10.0 Å². The largest absolute Gasteiger partial charge is 0.349 e. The van der Waals surface area contributed by atoms with Crippen LogP contribution in [0.4, 0.5) is 0 Å². The minimum Gasteiger partial charge on any atom is -0.349 e. The number of hydrogen-bond donors (Lipinski definition) is 2. The zero-order valence-electron chi connectivity index (χ0n) is 12.4. The van der Waals surface area contributed by atoms with Crippen LogP contribution >= 0.6 is 0 Å². The highest BCUT2D eigenvalue weighted by Gasteiger charge is 2.25. The van der Waals surface area contributed by atoms with Gasteiger partial charge in [0.2, 0.25) is 10.0 Å². The van der Waals surface area contributed by atoms with Gasteiger partial charge in [0.15, 0.2) is 0 Å². The van der Waals surface area contributed by atoms with Crippen LogP contribution < -0.4 is 10.0 Å². The first kappa shape index (κ1) is 15.5. The van der Waals surface area contributed by atoms with E-state index in [2.05, 4.69) is 17.0 Å². The molecule has 0 spiro atoms. The van der Waals surface area contributed by atoms with E-state index < -0.39 is 10.0 Å². The van der Waals surface area contributed by atoms with Gasteiger partial charge >= 0.3 is 0 Å². The lowest BCUT2D eigenvalue weighted by Gasteiger charge is -2.25. The minimum absolute atomic E-state index is 0.131. The van der Waals surface area contributed by atoms with Gasteiger partial charge in [0, 0.05) is 31.0 Å². The van der Waals surface area contributed by atoms with Crippen LogP contribution in [0.5, 0.6) is 0 Å². The molecule has 0 bridgehead atoms. The molecule has 0 radical (unpaired) electrons. The van der Waals surface area contributed by atoms with E-state index in [0.717, 1.165) is 44.5 Å². The summed E-state index contributed by atoms with van der Waals surface area (Å²) in [6, 6.07) is 1.92. The van der Waals surface area contributed by atoms with Crippen LogP contribution in [0.2, 0.25) is 0 Å². The lowest BCUT2D eigenvalue weighted by atomic mass is 9.94. The van der Waals surface area contributed by atoms with Crippen molar-refractivity contribution in [2.75, 3.05) is 6.54 Å². The summed E-state index contributed by atoms with van der Waals surface area (Å²) in [7, 11) is -3.36. The fourth-order valence-corrected chi connectivity index (χ4v) is 3.69. The normalized spacial score (nSPS) is 16.3. The fourth-order valence-electron chi connectivity index (χ4n) is 2.32. The summed E-state index contributed by atoms with van der Waals surface area (Å²) < 4.78 is 29.4. The Morgan fingerprint density at radius 1 is 1.35 bits per heavy atom. The number of hydrogen-bond acceptors (Lipinski definition) is 3. The third-order valence-corrected chi connectivity index (χ3v) is 5.26. The molecular formula is C14H25N3O2S. The SMILES string of the molecule is CCCNCc1cc(S(=O)(=O)NC2CCC2)cn1CC. The summed E-state index contributed by atoms with van der Waals surface area (Å²) in [4.78, 5) is 0.388. The first-order valence-electron chi connectivity index (χ1n) is 7.49. The van der Waals surface area contributed by atoms with Gasteiger partial charge in [-0.25, -0.2) is 13.1 Å². The van der Waals surface area contributed by atoms with Crippen molar-refractivity contribution in [2.24, 2.45) is 0 Å². The van der Waals surface area contributed by atoms with Crippen LogP contribution in [-0.2, 0) is 23.1 Å². The molecule has 1 fully saturated rings. The van der Waals surface area contributed by atoms with Gasteiger partial charge in [0.1, 0.15) is 0 Å². The van der Waals surface area contributed by atoms with Gasteiger partial charge in [0.25, 0.3) is 0 Å². The first-order valence-corrected chi connectivity index (χ1v) is 8.97. The molecule has 0 aliphatic heterocycles. The summed E-state index contributed by atoms with van der Waals surface area (Å²) in [5, 5.41) is 3.32. The van der Waals surface area contributed by atoms with E-state index in [-0.39, 0.29) is 6.04 Å². The Balaban J connectivity index is 2.10. The molecular weight excluding hydrogens is 274 g/mol. The Bertz CT molecular complexity index is 533. The summed E-state index contributed by atoms with van der Waals surface area (Å²) in [6.45, 7) is 6.57. The molecule has 0 saturated heterocycles.